The molecule has 0 saturated carbocycles. The van der Waals surface area contributed by atoms with Crippen molar-refractivity contribution in [2.24, 2.45) is 0 Å². The van der Waals surface area contributed by atoms with Crippen molar-refractivity contribution in [1.29, 1.82) is 0 Å². The molecule has 5 rings (SSSR count). The highest BCUT2D eigenvalue weighted by Crippen LogP contribution is 2.28. The molecule has 4 heterocycles. The molecule has 1 saturated heterocycles. The van der Waals surface area contributed by atoms with E-state index < -0.39 is 0 Å². The van der Waals surface area contributed by atoms with Crippen LogP contribution < -0.4 is 5.56 Å². The normalized spacial score (nSPS) is 19.3. The van der Waals surface area contributed by atoms with Crippen molar-refractivity contribution < 1.29 is 4.79 Å². The van der Waals surface area contributed by atoms with Gasteiger partial charge in [0.1, 0.15) is 18.2 Å². The minimum Gasteiger partial charge on any atom is -0.340 e. The molecule has 0 radical (unpaired) electrons. The van der Waals surface area contributed by atoms with E-state index in [0.717, 1.165) is 49.4 Å². The van der Waals surface area contributed by atoms with E-state index in [4.69, 9.17) is 0 Å². The van der Waals surface area contributed by atoms with Crippen molar-refractivity contribution in [3.8, 4) is 0 Å². The molecule has 0 N–H and O–H groups in total. The Balaban J connectivity index is 1.34. The molecule has 2 aliphatic heterocycles. The monoisotopic (exact) mass is 420 g/mol. The van der Waals surface area contributed by atoms with Crippen LogP contribution in [0.3, 0.4) is 0 Å². The maximum absolute atomic E-state index is 13.1. The molecule has 31 heavy (non-hydrogen) atoms. The second-order valence-corrected chi connectivity index (χ2v) is 8.76. The first-order valence-electron chi connectivity index (χ1n) is 11.3. The smallest absolute Gasteiger partial charge is 0.261 e. The van der Waals surface area contributed by atoms with Crippen LogP contribution in [0, 0.1) is 6.92 Å². The molecule has 2 aliphatic rings. The summed E-state index contributed by atoms with van der Waals surface area (Å²) in [5.41, 5.74) is 1.49. The Morgan fingerprint density at radius 3 is 2.94 bits per heavy atom. The van der Waals surface area contributed by atoms with E-state index >= 15 is 0 Å². The Kier molecular flexibility index (Phi) is 5.29. The van der Waals surface area contributed by atoms with Crippen LogP contribution in [-0.2, 0) is 24.3 Å². The van der Waals surface area contributed by atoms with Gasteiger partial charge in [0.05, 0.1) is 17.2 Å². The molecular weight excluding hydrogens is 392 g/mol. The lowest BCUT2D eigenvalue weighted by atomic mass is 9.97. The largest absolute Gasteiger partial charge is 0.340 e. The second kappa shape index (κ2) is 8.24. The van der Waals surface area contributed by atoms with Gasteiger partial charge in [-0.2, -0.15) is 0 Å². The summed E-state index contributed by atoms with van der Waals surface area (Å²) in [6.45, 7) is 4.26. The van der Waals surface area contributed by atoms with Crippen molar-refractivity contribution in [2.45, 2.75) is 64.5 Å². The number of hydrogen-bond acceptors (Lipinski definition) is 5. The highest BCUT2D eigenvalue weighted by atomic mass is 16.2. The number of hydrogen-bond donors (Lipinski definition) is 0. The molecule has 1 fully saturated rings. The fourth-order valence-electron chi connectivity index (χ4n) is 4.92. The molecule has 8 nitrogen and oxygen atoms in total. The lowest BCUT2D eigenvalue weighted by Crippen LogP contribution is -2.42. The molecule has 162 valence electrons. The summed E-state index contributed by atoms with van der Waals surface area (Å²) in [6, 6.07) is 5.56. The van der Waals surface area contributed by atoms with Crippen molar-refractivity contribution in [3.63, 3.8) is 0 Å². The highest BCUT2D eigenvalue weighted by Gasteiger charge is 2.29. The van der Waals surface area contributed by atoms with Crippen molar-refractivity contribution in [3.05, 3.63) is 52.1 Å². The van der Waals surface area contributed by atoms with Gasteiger partial charge >= 0.3 is 0 Å². The Bertz CT molecular complexity index is 1180. The minimum absolute atomic E-state index is 0.0143. The number of fused-ring (bicyclic) bond motifs is 2. The quantitative estimate of drug-likeness (QED) is 0.650. The van der Waals surface area contributed by atoms with Crippen LogP contribution in [0.1, 0.15) is 55.2 Å². The number of aromatic nitrogens is 5. The van der Waals surface area contributed by atoms with Crippen LogP contribution in [0.5, 0.6) is 0 Å². The molecule has 8 heteroatoms. The number of aryl methyl sites for hydroxylation is 2. The fraction of sp³-hybridized carbons (Fsp3) is 0.522. The van der Waals surface area contributed by atoms with Crippen LogP contribution in [0.15, 0.2) is 29.3 Å². The number of para-hydroxylation sites is 1. The lowest BCUT2D eigenvalue weighted by molar-refractivity contribution is -0.133. The summed E-state index contributed by atoms with van der Waals surface area (Å²) in [4.78, 5) is 32.2. The number of benzene rings is 1. The number of carbonyl (C=O) groups excluding carboxylic acids is 1. The van der Waals surface area contributed by atoms with Gasteiger partial charge in [0.25, 0.3) is 5.56 Å². The SMILES string of the molecule is Cc1cccc2c(=O)n(CC(=O)N3CCCC(c4nnc5n4CCCCC5)C3)cnc12. The average molecular weight is 421 g/mol. The average Bonchev–Trinajstić information content (AvgIpc) is 3.04. The van der Waals surface area contributed by atoms with E-state index in [1.54, 1.807) is 6.07 Å². The molecule has 1 amide bonds. The summed E-state index contributed by atoms with van der Waals surface area (Å²) >= 11 is 0. The summed E-state index contributed by atoms with van der Waals surface area (Å²) in [7, 11) is 0. The lowest BCUT2D eigenvalue weighted by Gasteiger charge is -2.32. The van der Waals surface area contributed by atoms with E-state index in [2.05, 4.69) is 19.7 Å². The van der Waals surface area contributed by atoms with Gasteiger partial charge in [0, 0.05) is 32.0 Å². The zero-order chi connectivity index (χ0) is 21.4. The Hall–Kier alpha value is -3.03. The Morgan fingerprint density at radius 1 is 1.13 bits per heavy atom. The predicted octanol–water partition coefficient (Wildman–Crippen LogP) is 2.43. The van der Waals surface area contributed by atoms with Crippen LogP contribution in [0.25, 0.3) is 10.9 Å². The third-order valence-electron chi connectivity index (χ3n) is 6.64. The zero-order valence-corrected chi connectivity index (χ0v) is 18.0. The molecule has 1 aromatic carbocycles. The van der Waals surface area contributed by atoms with Gasteiger partial charge in [-0.05, 0) is 44.2 Å². The number of rotatable bonds is 3. The first kappa shape index (κ1) is 19.9. The summed E-state index contributed by atoms with van der Waals surface area (Å²) in [6.07, 6.45) is 7.98. The Morgan fingerprint density at radius 2 is 2.03 bits per heavy atom. The van der Waals surface area contributed by atoms with Crippen LogP contribution >= 0.6 is 0 Å². The first-order valence-corrected chi connectivity index (χ1v) is 11.3. The van der Waals surface area contributed by atoms with Gasteiger partial charge in [-0.25, -0.2) is 4.98 Å². The highest BCUT2D eigenvalue weighted by molar-refractivity contribution is 5.81. The molecule has 0 spiro atoms. The molecule has 2 aromatic heterocycles. The fourth-order valence-corrected chi connectivity index (χ4v) is 4.92. The van der Waals surface area contributed by atoms with Gasteiger partial charge in [-0.1, -0.05) is 18.6 Å². The first-order chi connectivity index (χ1) is 15.1. The van der Waals surface area contributed by atoms with Crippen molar-refractivity contribution >= 4 is 16.8 Å². The number of likely N-dealkylation sites (tertiary alicyclic amines) is 1. The van der Waals surface area contributed by atoms with Crippen molar-refractivity contribution in [2.75, 3.05) is 13.1 Å². The van der Waals surface area contributed by atoms with Gasteiger partial charge < -0.3 is 9.47 Å². The molecular formula is C23H28N6O2. The molecule has 1 unspecified atom stereocenters. The van der Waals surface area contributed by atoms with E-state index in [-0.39, 0.29) is 23.9 Å². The van der Waals surface area contributed by atoms with E-state index in [1.165, 1.54) is 23.7 Å². The Labute approximate surface area is 180 Å². The van der Waals surface area contributed by atoms with Crippen LogP contribution in [0.4, 0.5) is 0 Å². The van der Waals surface area contributed by atoms with Gasteiger partial charge in [-0.15, -0.1) is 10.2 Å². The number of carbonyl (C=O) groups is 1. The van der Waals surface area contributed by atoms with Gasteiger partial charge in [0.15, 0.2) is 0 Å². The van der Waals surface area contributed by atoms with Crippen molar-refractivity contribution in [1.82, 2.24) is 29.2 Å². The van der Waals surface area contributed by atoms with Gasteiger partial charge in [0.2, 0.25) is 5.91 Å². The van der Waals surface area contributed by atoms with Gasteiger partial charge in [-0.3, -0.25) is 14.2 Å². The minimum atomic E-state index is -0.168. The van der Waals surface area contributed by atoms with Crippen LogP contribution in [-0.4, -0.2) is 48.2 Å². The molecule has 0 bridgehead atoms. The summed E-state index contributed by atoms with van der Waals surface area (Å²) < 4.78 is 3.71. The number of nitrogens with zero attached hydrogens (tertiary/aromatic N) is 6. The molecule has 3 aromatic rings. The summed E-state index contributed by atoms with van der Waals surface area (Å²) in [5, 5.41) is 9.49. The third kappa shape index (κ3) is 3.75. The molecule has 0 aliphatic carbocycles. The van der Waals surface area contributed by atoms with E-state index in [0.29, 0.717) is 24.0 Å². The topological polar surface area (TPSA) is 85.9 Å². The van der Waals surface area contributed by atoms with E-state index in [1.807, 2.05) is 24.0 Å². The van der Waals surface area contributed by atoms with Crippen LogP contribution in [0.2, 0.25) is 0 Å². The molecule has 1 atom stereocenters. The maximum atomic E-state index is 13.1. The third-order valence-corrected chi connectivity index (χ3v) is 6.64. The number of piperidine rings is 1. The number of amides is 1. The summed E-state index contributed by atoms with van der Waals surface area (Å²) in [5.74, 6) is 2.26. The second-order valence-electron chi connectivity index (χ2n) is 8.76. The predicted molar refractivity (Wildman–Crippen MR) is 117 cm³/mol. The maximum Gasteiger partial charge on any atom is 0.261 e. The van der Waals surface area contributed by atoms with E-state index in [9.17, 15) is 9.59 Å². The standard InChI is InChI=1S/C23H28N6O2/c1-16-7-5-9-18-21(16)24-15-28(23(18)31)14-20(30)27-11-6-8-17(13-27)22-26-25-19-10-3-2-4-12-29(19)22/h5,7,9,15,17H,2-4,6,8,10-14H2,1H3. The zero-order valence-electron chi connectivity index (χ0n) is 18.0.